The van der Waals surface area contributed by atoms with Gasteiger partial charge in [-0.3, -0.25) is 10.5 Å². The molecule has 122 valence electrons. The van der Waals surface area contributed by atoms with Gasteiger partial charge in [0.05, 0.1) is 35.6 Å². The lowest BCUT2D eigenvalue weighted by Gasteiger charge is -2.27. The Morgan fingerprint density at radius 3 is 2.71 bits per heavy atom. The van der Waals surface area contributed by atoms with Crippen LogP contribution in [0.3, 0.4) is 0 Å². The number of hydrogen-bond donors (Lipinski definition) is 2. The molecule has 0 saturated carbocycles. The van der Waals surface area contributed by atoms with E-state index in [-0.39, 0.29) is 12.1 Å². The van der Waals surface area contributed by atoms with E-state index in [4.69, 9.17) is 22.2 Å². The Hall–Kier alpha value is -0.660. The Morgan fingerprint density at radius 1 is 1.48 bits per heavy atom. The number of hydrazine groups is 1. The van der Waals surface area contributed by atoms with Gasteiger partial charge < -0.3 is 9.64 Å². The van der Waals surface area contributed by atoms with Crippen LogP contribution in [0.4, 0.5) is 0 Å². The molecule has 0 saturated heterocycles. The molecule has 0 radical (unpaired) electrons. The normalized spacial score (nSPS) is 14.6. The summed E-state index contributed by atoms with van der Waals surface area (Å²) in [6, 6.07) is -0.165. The molecule has 1 aromatic heterocycles. The predicted molar refractivity (Wildman–Crippen MR) is 86.2 cm³/mol. The van der Waals surface area contributed by atoms with Crippen molar-refractivity contribution in [2.45, 2.75) is 45.4 Å². The minimum atomic E-state index is -0.165. The zero-order valence-corrected chi connectivity index (χ0v) is 14.2. The fourth-order valence-corrected chi connectivity index (χ4v) is 2.62. The molecule has 1 aromatic rings. The average Bonchev–Trinajstić information content (AvgIpc) is 2.80. The minimum absolute atomic E-state index is 0.0164. The molecule has 0 amide bonds. The van der Waals surface area contributed by atoms with E-state index in [2.05, 4.69) is 22.3 Å². The number of aromatic nitrogens is 2. The third-order valence-electron chi connectivity index (χ3n) is 3.39. The van der Waals surface area contributed by atoms with Crippen molar-refractivity contribution in [3.05, 3.63) is 16.9 Å². The highest BCUT2D eigenvalue weighted by molar-refractivity contribution is 6.31. The van der Waals surface area contributed by atoms with Crippen LogP contribution in [-0.4, -0.2) is 48.0 Å². The SMILES string of the molecule is CCCC(OCC)C(NN)c1c(Cl)cnn1CCN(C)C. The van der Waals surface area contributed by atoms with Gasteiger partial charge in [-0.1, -0.05) is 24.9 Å². The molecular formula is C14H28ClN5O. The lowest BCUT2D eigenvalue weighted by molar-refractivity contribution is 0.0252. The molecule has 0 aliphatic carbocycles. The lowest BCUT2D eigenvalue weighted by Crippen LogP contribution is -2.40. The maximum atomic E-state index is 6.33. The molecule has 1 rings (SSSR count). The van der Waals surface area contributed by atoms with Crippen molar-refractivity contribution in [2.75, 3.05) is 27.2 Å². The van der Waals surface area contributed by atoms with Crippen molar-refractivity contribution in [3.63, 3.8) is 0 Å². The molecule has 21 heavy (non-hydrogen) atoms. The van der Waals surface area contributed by atoms with Crippen molar-refractivity contribution in [3.8, 4) is 0 Å². The average molecular weight is 318 g/mol. The zero-order chi connectivity index (χ0) is 15.8. The maximum absolute atomic E-state index is 6.33. The van der Waals surface area contributed by atoms with E-state index in [1.165, 1.54) is 0 Å². The van der Waals surface area contributed by atoms with Gasteiger partial charge in [-0.15, -0.1) is 0 Å². The van der Waals surface area contributed by atoms with Crippen LogP contribution < -0.4 is 11.3 Å². The van der Waals surface area contributed by atoms with E-state index in [0.29, 0.717) is 11.6 Å². The van der Waals surface area contributed by atoms with Gasteiger partial charge in [0.25, 0.3) is 0 Å². The van der Waals surface area contributed by atoms with Gasteiger partial charge >= 0.3 is 0 Å². The number of rotatable bonds is 10. The fraction of sp³-hybridized carbons (Fsp3) is 0.786. The second kappa shape index (κ2) is 9.38. The van der Waals surface area contributed by atoms with E-state index >= 15 is 0 Å². The predicted octanol–water partition coefficient (Wildman–Crippen LogP) is 1.81. The van der Waals surface area contributed by atoms with Crippen molar-refractivity contribution in [1.82, 2.24) is 20.1 Å². The van der Waals surface area contributed by atoms with E-state index in [0.717, 1.165) is 31.6 Å². The second-order valence-corrected chi connectivity index (χ2v) is 5.74. The minimum Gasteiger partial charge on any atom is -0.376 e. The molecule has 1 heterocycles. The summed E-state index contributed by atoms with van der Waals surface area (Å²) in [5, 5.41) is 4.99. The van der Waals surface area contributed by atoms with Gasteiger partial charge in [-0.2, -0.15) is 5.10 Å². The van der Waals surface area contributed by atoms with E-state index < -0.39 is 0 Å². The summed E-state index contributed by atoms with van der Waals surface area (Å²) in [4.78, 5) is 2.11. The number of ether oxygens (including phenoxy) is 1. The third-order valence-corrected chi connectivity index (χ3v) is 3.68. The van der Waals surface area contributed by atoms with Crippen LogP contribution in [0, 0.1) is 0 Å². The molecule has 0 aliphatic rings. The van der Waals surface area contributed by atoms with E-state index in [1.807, 2.05) is 25.7 Å². The molecule has 6 nitrogen and oxygen atoms in total. The first-order chi connectivity index (χ1) is 10.0. The molecule has 0 aromatic carbocycles. The summed E-state index contributed by atoms with van der Waals surface area (Å²) in [6.07, 6.45) is 3.59. The summed E-state index contributed by atoms with van der Waals surface area (Å²) >= 11 is 6.33. The highest BCUT2D eigenvalue weighted by Crippen LogP contribution is 2.28. The molecular weight excluding hydrogens is 290 g/mol. The maximum Gasteiger partial charge on any atom is 0.0905 e. The van der Waals surface area contributed by atoms with Gasteiger partial charge in [0.2, 0.25) is 0 Å². The van der Waals surface area contributed by atoms with Crippen LogP contribution in [0.25, 0.3) is 0 Å². The van der Waals surface area contributed by atoms with Gasteiger partial charge in [0.15, 0.2) is 0 Å². The lowest BCUT2D eigenvalue weighted by atomic mass is 10.0. The fourth-order valence-electron chi connectivity index (χ4n) is 2.36. The molecule has 0 fully saturated rings. The molecule has 3 N–H and O–H groups in total. The number of nitrogens with two attached hydrogens (primary N) is 1. The Bertz CT molecular complexity index is 404. The number of nitrogens with one attached hydrogen (secondary N) is 1. The number of hydrogen-bond acceptors (Lipinski definition) is 5. The Kier molecular flexibility index (Phi) is 8.21. The molecule has 0 bridgehead atoms. The van der Waals surface area contributed by atoms with Crippen molar-refractivity contribution in [1.29, 1.82) is 0 Å². The van der Waals surface area contributed by atoms with Crippen molar-refractivity contribution in [2.24, 2.45) is 5.84 Å². The highest BCUT2D eigenvalue weighted by atomic mass is 35.5. The number of nitrogens with zero attached hydrogens (tertiary/aromatic N) is 3. The van der Waals surface area contributed by atoms with Gasteiger partial charge in [-0.25, -0.2) is 5.43 Å². The largest absolute Gasteiger partial charge is 0.376 e. The van der Waals surface area contributed by atoms with Crippen LogP contribution in [0.5, 0.6) is 0 Å². The van der Waals surface area contributed by atoms with Crippen molar-refractivity contribution >= 4 is 11.6 Å². The first-order valence-electron chi connectivity index (χ1n) is 7.48. The van der Waals surface area contributed by atoms with Crippen LogP contribution >= 0.6 is 11.6 Å². The molecule has 0 aliphatic heterocycles. The summed E-state index contributed by atoms with van der Waals surface area (Å²) in [7, 11) is 4.06. The second-order valence-electron chi connectivity index (χ2n) is 5.33. The summed E-state index contributed by atoms with van der Waals surface area (Å²) in [5.74, 6) is 5.78. The highest BCUT2D eigenvalue weighted by Gasteiger charge is 2.27. The molecule has 0 spiro atoms. The van der Waals surface area contributed by atoms with Crippen LogP contribution in [0.15, 0.2) is 6.20 Å². The summed E-state index contributed by atoms with van der Waals surface area (Å²) < 4.78 is 7.75. The van der Waals surface area contributed by atoms with E-state index in [1.54, 1.807) is 6.20 Å². The third kappa shape index (κ3) is 5.23. The Labute approximate surface area is 132 Å². The first kappa shape index (κ1) is 18.4. The standard InChI is InChI=1S/C14H28ClN5O/c1-5-7-12(21-6-2)13(18-16)14-11(15)10-17-20(14)9-8-19(3)4/h10,12-13,18H,5-9,16H2,1-4H3. The summed E-state index contributed by atoms with van der Waals surface area (Å²) in [6.45, 7) is 6.41. The number of halogens is 1. The summed E-state index contributed by atoms with van der Waals surface area (Å²) in [5.41, 5.74) is 3.76. The molecule has 2 unspecified atom stereocenters. The quantitative estimate of drug-likeness (QED) is 0.509. The van der Waals surface area contributed by atoms with Crippen molar-refractivity contribution < 1.29 is 4.74 Å². The monoisotopic (exact) mass is 317 g/mol. The molecule has 2 atom stereocenters. The van der Waals surface area contributed by atoms with Gasteiger partial charge in [0, 0.05) is 13.2 Å². The topological polar surface area (TPSA) is 68.3 Å². The first-order valence-corrected chi connectivity index (χ1v) is 7.86. The Balaban J connectivity index is 2.99. The van der Waals surface area contributed by atoms with Crippen LogP contribution in [-0.2, 0) is 11.3 Å². The van der Waals surface area contributed by atoms with E-state index in [9.17, 15) is 0 Å². The zero-order valence-electron chi connectivity index (χ0n) is 13.5. The molecule has 7 heteroatoms. The van der Waals surface area contributed by atoms with Crippen LogP contribution in [0.2, 0.25) is 5.02 Å². The van der Waals surface area contributed by atoms with Gasteiger partial charge in [-0.05, 0) is 27.4 Å². The smallest absolute Gasteiger partial charge is 0.0905 e. The van der Waals surface area contributed by atoms with Gasteiger partial charge in [0.1, 0.15) is 0 Å². The Morgan fingerprint density at radius 2 is 2.19 bits per heavy atom. The van der Waals surface area contributed by atoms with Crippen LogP contribution in [0.1, 0.15) is 38.4 Å². The number of likely N-dealkylation sites (N-methyl/N-ethyl adjacent to an activating group) is 1.